The maximum absolute atomic E-state index is 12.7. The van der Waals surface area contributed by atoms with E-state index in [2.05, 4.69) is 9.71 Å². The molecule has 0 amide bonds. The Morgan fingerprint density at radius 3 is 2.66 bits per heavy atom. The number of para-hydroxylation sites is 1. The predicted octanol–water partition coefficient (Wildman–Crippen LogP) is 2.77. The standard InChI is InChI=1S/C23H24N2O6S/c1-15-13-16(19-5-2-3-6-20(19)24-15)14-31-17-8-10-18(11-9-17)32(29,30)25-21-7-4-12-23(21,28)22(26)27/h2-3,5-6,8-11,13,21,25,28H,4,7,12,14H2,1H3,(H,26,27)/t21-,23-/m1/s1. The molecule has 0 bridgehead atoms. The lowest BCUT2D eigenvalue weighted by atomic mass is 9.99. The quantitative estimate of drug-likeness (QED) is 0.499. The molecule has 8 nitrogen and oxygen atoms in total. The summed E-state index contributed by atoms with van der Waals surface area (Å²) in [7, 11) is -4.00. The van der Waals surface area contributed by atoms with Crippen LogP contribution in [0.3, 0.4) is 0 Å². The molecule has 32 heavy (non-hydrogen) atoms. The molecule has 9 heteroatoms. The van der Waals surface area contributed by atoms with Gasteiger partial charge in [0, 0.05) is 16.6 Å². The fraction of sp³-hybridized carbons (Fsp3) is 0.304. The average molecular weight is 457 g/mol. The predicted molar refractivity (Wildman–Crippen MR) is 118 cm³/mol. The first-order valence-corrected chi connectivity index (χ1v) is 11.7. The van der Waals surface area contributed by atoms with Gasteiger partial charge < -0.3 is 14.9 Å². The number of hydrogen-bond acceptors (Lipinski definition) is 6. The van der Waals surface area contributed by atoms with Crippen LogP contribution in [-0.2, 0) is 21.4 Å². The van der Waals surface area contributed by atoms with Crippen LogP contribution in [0.15, 0.2) is 59.5 Å². The van der Waals surface area contributed by atoms with E-state index in [-0.39, 0.29) is 17.7 Å². The summed E-state index contributed by atoms with van der Waals surface area (Å²) < 4.78 is 33.6. The molecule has 2 atom stereocenters. The highest BCUT2D eigenvalue weighted by Gasteiger charge is 2.49. The van der Waals surface area contributed by atoms with Crippen molar-refractivity contribution in [3.05, 3.63) is 65.9 Å². The van der Waals surface area contributed by atoms with Gasteiger partial charge in [-0.05, 0) is 62.6 Å². The summed E-state index contributed by atoms with van der Waals surface area (Å²) in [6.07, 6.45) is 0.680. The number of fused-ring (bicyclic) bond motifs is 1. The van der Waals surface area contributed by atoms with Gasteiger partial charge in [-0.1, -0.05) is 18.2 Å². The normalized spacial score (nSPS) is 21.0. The number of aliphatic hydroxyl groups is 1. The third-order valence-corrected chi connectivity index (χ3v) is 7.24. The number of sulfonamides is 1. The zero-order chi connectivity index (χ0) is 22.9. The van der Waals surface area contributed by atoms with Gasteiger partial charge in [0.25, 0.3) is 0 Å². The van der Waals surface area contributed by atoms with Gasteiger partial charge in [-0.2, -0.15) is 0 Å². The third kappa shape index (κ3) is 4.32. The Bertz CT molecular complexity index is 1260. The van der Waals surface area contributed by atoms with Gasteiger partial charge in [0.05, 0.1) is 16.5 Å². The van der Waals surface area contributed by atoms with Gasteiger partial charge in [0.15, 0.2) is 5.60 Å². The molecule has 0 radical (unpaired) electrons. The van der Waals surface area contributed by atoms with Crippen LogP contribution < -0.4 is 9.46 Å². The van der Waals surface area contributed by atoms with E-state index < -0.39 is 27.6 Å². The Morgan fingerprint density at radius 2 is 1.94 bits per heavy atom. The highest BCUT2D eigenvalue weighted by Crippen LogP contribution is 2.31. The zero-order valence-corrected chi connectivity index (χ0v) is 18.3. The van der Waals surface area contributed by atoms with Crippen LogP contribution >= 0.6 is 0 Å². The van der Waals surface area contributed by atoms with E-state index >= 15 is 0 Å². The van der Waals surface area contributed by atoms with Crippen LogP contribution in [0.4, 0.5) is 0 Å². The second-order valence-electron chi connectivity index (χ2n) is 8.00. The molecule has 3 N–H and O–H groups in total. The summed E-state index contributed by atoms with van der Waals surface area (Å²) in [4.78, 5) is 15.9. The second-order valence-corrected chi connectivity index (χ2v) is 9.71. The van der Waals surface area contributed by atoms with Crippen LogP contribution in [0.1, 0.15) is 30.5 Å². The Kier molecular flexibility index (Phi) is 5.89. The number of nitrogens with zero attached hydrogens (tertiary/aromatic N) is 1. The molecular weight excluding hydrogens is 432 g/mol. The molecular formula is C23H24N2O6S. The number of rotatable bonds is 7. The van der Waals surface area contributed by atoms with Gasteiger partial charge >= 0.3 is 5.97 Å². The third-order valence-electron chi connectivity index (χ3n) is 5.75. The van der Waals surface area contributed by atoms with Crippen LogP contribution in [0.25, 0.3) is 10.9 Å². The van der Waals surface area contributed by atoms with Crippen molar-refractivity contribution in [1.82, 2.24) is 9.71 Å². The van der Waals surface area contributed by atoms with E-state index in [4.69, 9.17) is 4.74 Å². The first-order chi connectivity index (χ1) is 15.2. The molecule has 2 aromatic carbocycles. The number of pyridine rings is 1. The molecule has 1 aliphatic carbocycles. The number of ether oxygens (including phenoxy) is 1. The molecule has 0 aliphatic heterocycles. The molecule has 1 saturated carbocycles. The van der Waals surface area contributed by atoms with Crippen LogP contribution in [0.2, 0.25) is 0 Å². The summed E-state index contributed by atoms with van der Waals surface area (Å²) in [6, 6.07) is 14.5. The Hall–Kier alpha value is -3.01. The van der Waals surface area contributed by atoms with E-state index in [0.717, 1.165) is 22.2 Å². The number of aromatic nitrogens is 1. The summed E-state index contributed by atoms with van der Waals surface area (Å²) >= 11 is 0. The van der Waals surface area contributed by atoms with Crippen molar-refractivity contribution in [3.63, 3.8) is 0 Å². The van der Waals surface area contributed by atoms with Gasteiger partial charge in [-0.25, -0.2) is 17.9 Å². The van der Waals surface area contributed by atoms with Crippen LogP contribution in [0, 0.1) is 6.92 Å². The van der Waals surface area contributed by atoms with Crippen molar-refractivity contribution in [1.29, 1.82) is 0 Å². The van der Waals surface area contributed by atoms with Crippen molar-refractivity contribution in [2.24, 2.45) is 0 Å². The zero-order valence-electron chi connectivity index (χ0n) is 17.5. The van der Waals surface area contributed by atoms with Gasteiger partial charge in [0.2, 0.25) is 10.0 Å². The van der Waals surface area contributed by atoms with Crippen molar-refractivity contribution < 1.29 is 28.2 Å². The van der Waals surface area contributed by atoms with Gasteiger partial charge in [-0.15, -0.1) is 0 Å². The maximum Gasteiger partial charge on any atom is 0.337 e. The first-order valence-electron chi connectivity index (χ1n) is 10.3. The number of carbonyl (C=O) groups is 1. The first kappa shape index (κ1) is 22.2. The fourth-order valence-electron chi connectivity index (χ4n) is 4.05. The molecule has 4 rings (SSSR count). The lowest BCUT2D eigenvalue weighted by molar-refractivity contribution is -0.159. The lowest BCUT2D eigenvalue weighted by Gasteiger charge is -2.26. The van der Waals surface area contributed by atoms with Gasteiger partial charge in [0.1, 0.15) is 12.4 Å². The molecule has 0 spiro atoms. The topological polar surface area (TPSA) is 126 Å². The maximum atomic E-state index is 12.7. The molecule has 0 saturated heterocycles. The molecule has 1 heterocycles. The Labute approximate surface area is 185 Å². The average Bonchev–Trinajstić information content (AvgIpc) is 3.13. The van der Waals surface area contributed by atoms with Crippen molar-refractivity contribution >= 4 is 26.9 Å². The number of aliphatic carboxylic acids is 1. The molecule has 1 aliphatic rings. The number of benzene rings is 2. The minimum absolute atomic E-state index is 0.00542. The summed E-state index contributed by atoms with van der Waals surface area (Å²) in [5, 5.41) is 20.6. The number of carboxylic acid groups (broad SMARTS) is 1. The molecule has 1 aromatic heterocycles. The van der Waals surface area contributed by atoms with E-state index in [1.807, 2.05) is 37.3 Å². The van der Waals surface area contributed by atoms with Crippen molar-refractivity contribution in [2.75, 3.05) is 0 Å². The van der Waals surface area contributed by atoms with Crippen LogP contribution in [-0.4, -0.2) is 41.2 Å². The van der Waals surface area contributed by atoms with Crippen molar-refractivity contribution in [3.8, 4) is 5.75 Å². The molecule has 168 valence electrons. The summed E-state index contributed by atoms with van der Waals surface area (Å²) in [5.41, 5.74) is 0.636. The number of aryl methyl sites for hydroxylation is 1. The smallest absolute Gasteiger partial charge is 0.337 e. The highest BCUT2D eigenvalue weighted by molar-refractivity contribution is 7.89. The summed E-state index contributed by atoms with van der Waals surface area (Å²) in [5.74, 6) is -0.935. The molecule has 1 fully saturated rings. The minimum Gasteiger partial charge on any atom is -0.489 e. The largest absolute Gasteiger partial charge is 0.489 e. The molecule has 3 aromatic rings. The van der Waals surface area contributed by atoms with E-state index in [1.165, 1.54) is 12.1 Å². The Balaban J connectivity index is 1.47. The fourth-order valence-corrected chi connectivity index (χ4v) is 5.36. The van der Waals surface area contributed by atoms with E-state index in [9.17, 15) is 23.4 Å². The summed E-state index contributed by atoms with van der Waals surface area (Å²) in [6.45, 7) is 2.21. The molecule has 0 unspecified atom stereocenters. The number of carboxylic acids is 1. The number of nitrogens with one attached hydrogen (secondary N) is 1. The van der Waals surface area contributed by atoms with Gasteiger partial charge in [-0.3, -0.25) is 4.98 Å². The lowest BCUT2D eigenvalue weighted by Crippen LogP contribution is -2.53. The number of hydrogen-bond donors (Lipinski definition) is 3. The van der Waals surface area contributed by atoms with Crippen LogP contribution in [0.5, 0.6) is 5.75 Å². The SMILES string of the molecule is Cc1cc(COc2ccc(S(=O)(=O)N[C@@H]3CCC[C@]3(O)C(=O)O)cc2)c2ccccc2n1. The van der Waals surface area contributed by atoms with Crippen molar-refractivity contribution in [2.45, 2.75) is 49.3 Å². The van der Waals surface area contributed by atoms with E-state index in [0.29, 0.717) is 18.8 Å². The monoisotopic (exact) mass is 456 g/mol. The van der Waals surface area contributed by atoms with E-state index in [1.54, 1.807) is 12.1 Å². The second kappa shape index (κ2) is 8.50. The minimum atomic E-state index is -4.00. The Morgan fingerprint density at radius 1 is 1.22 bits per heavy atom. The highest BCUT2D eigenvalue weighted by atomic mass is 32.2.